The van der Waals surface area contributed by atoms with E-state index in [1.807, 2.05) is 0 Å². The lowest BCUT2D eigenvalue weighted by molar-refractivity contribution is -0.143. The van der Waals surface area contributed by atoms with Gasteiger partial charge in [-0.25, -0.2) is 9.78 Å². The van der Waals surface area contributed by atoms with E-state index in [2.05, 4.69) is 20.6 Å². The fourth-order valence-corrected chi connectivity index (χ4v) is 0.838. The van der Waals surface area contributed by atoms with E-state index in [0.717, 1.165) is 0 Å². The van der Waals surface area contributed by atoms with Gasteiger partial charge in [-0.15, -0.1) is 0 Å². The number of anilines is 1. The van der Waals surface area contributed by atoms with Crippen LogP contribution in [0.25, 0.3) is 0 Å². The van der Waals surface area contributed by atoms with Crippen LogP contribution in [-0.4, -0.2) is 35.2 Å². The second kappa shape index (κ2) is 6.36. The molecular weight excluding hydrogens is 214 g/mol. The van der Waals surface area contributed by atoms with Gasteiger partial charge in [-0.05, 0) is 12.1 Å². The highest BCUT2D eigenvalue weighted by Gasteiger charge is 2.03. The Morgan fingerprint density at radius 2 is 2.19 bits per heavy atom. The molecule has 0 fully saturated rings. The second-order valence-electron chi connectivity index (χ2n) is 2.77. The monoisotopic (exact) mass is 225 g/mol. The first-order chi connectivity index (χ1) is 7.68. The van der Waals surface area contributed by atoms with Crippen molar-refractivity contribution in [3.8, 4) is 0 Å². The summed E-state index contributed by atoms with van der Waals surface area (Å²) in [6.45, 7) is -0.830. The van der Waals surface area contributed by atoms with E-state index in [9.17, 15) is 9.59 Å². The molecule has 0 radical (unpaired) electrons. The number of carboxylic acids is 1. The van der Waals surface area contributed by atoms with Gasteiger partial charge in [0, 0.05) is 6.20 Å². The summed E-state index contributed by atoms with van der Waals surface area (Å²) in [4.78, 5) is 25.1. The lowest BCUT2D eigenvalue weighted by atomic mass is 10.5. The van der Waals surface area contributed by atoms with Crippen molar-refractivity contribution in [3.05, 3.63) is 24.4 Å². The lowest BCUT2D eigenvalue weighted by Crippen LogP contribution is -2.33. The zero-order valence-corrected chi connectivity index (χ0v) is 8.34. The molecule has 0 aliphatic carbocycles. The number of nitrogens with zero attached hydrogens (tertiary/aromatic N) is 1. The minimum absolute atomic E-state index is 0.327. The fourth-order valence-electron chi connectivity index (χ4n) is 0.838. The molecular formula is C9H11N3O4. The molecule has 0 atom stereocenters. The average molecular weight is 225 g/mol. The first kappa shape index (κ1) is 11.9. The highest BCUT2D eigenvalue weighted by Crippen LogP contribution is 1.96. The van der Waals surface area contributed by atoms with Crippen molar-refractivity contribution in [2.24, 2.45) is 0 Å². The molecule has 1 aromatic rings. The van der Waals surface area contributed by atoms with Crippen molar-refractivity contribution in [1.29, 1.82) is 0 Å². The number of ether oxygens (including phenoxy) is 1. The SMILES string of the molecule is O=C(O)COCC(=O)NNc1ccccn1. The third-order valence-electron chi connectivity index (χ3n) is 1.45. The highest BCUT2D eigenvalue weighted by atomic mass is 16.5. The van der Waals surface area contributed by atoms with Crippen molar-refractivity contribution in [1.82, 2.24) is 10.4 Å². The number of carbonyl (C=O) groups excluding carboxylic acids is 1. The van der Waals surface area contributed by atoms with Crippen molar-refractivity contribution < 1.29 is 19.4 Å². The Balaban J connectivity index is 2.18. The number of nitrogens with one attached hydrogen (secondary N) is 2. The molecule has 3 N–H and O–H groups in total. The van der Waals surface area contributed by atoms with Crippen molar-refractivity contribution >= 4 is 17.7 Å². The molecule has 1 amide bonds. The Bertz CT molecular complexity index is 355. The van der Waals surface area contributed by atoms with Crippen LogP contribution >= 0.6 is 0 Å². The van der Waals surface area contributed by atoms with E-state index in [1.165, 1.54) is 0 Å². The highest BCUT2D eigenvalue weighted by molar-refractivity contribution is 5.78. The van der Waals surface area contributed by atoms with Gasteiger partial charge in [0.05, 0.1) is 0 Å². The Morgan fingerprint density at radius 1 is 1.38 bits per heavy atom. The summed E-state index contributed by atoms with van der Waals surface area (Å²) in [5.74, 6) is -1.12. The number of rotatable bonds is 6. The van der Waals surface area contributed by atoms with Crippen LogP contribution < -0.4 is 10.9 Å². The van der Waals surface area contributed by atoms with Gasteiger partial charge in [0.2, 0.25) is 0 Å². The number of aromatic nitrogens is 1. The molecule has 7 nitrogen and oxygen atoms in total. The van der Waals surface area contributed by atoms with Crippen LogP contribution in [0, 0.1) is 0 Å². The molecule has 0 aliphatic heterocycles. The molecule has 86 valence electrons. The van der Waals surface area contributed by atoms with Crippen molar-refractivity contribution in [3.63, 3.8) is 0 Å². The van der Waals surface area contributed by atoms with Crippen LogP contribution in [0.15, 0.2) is 24.4 Å². The molecule has 16 heavy (non-hydrogen) atoms. The maximum absolute atomic E-state index is 11.1. The quantitative estimate of drug-likeness (QED) is 0.571. The van der Waals surface area contributed by atoms with Crippen LogP contribution in [0.1, 0.15) is 0 Å². The van der Waals surface area contributed by atoms with Gasteiger partial charge in [0.25, 0.3) is 5.91 Å². The van der Waals surface area contributed by atoms with Crippen LogP contribution in [-0.2, 0) is 14.3 Å². The molecule has 0 unspecified atom stereocenters. The lowest BCUT2D eigenvalue weighted by Gasteiger charge is -2.06. The molecule has 0 aliphatic rings. The molecule has 1 aromatic heterocycles. The van der Waals surface area contributed by atoms with Crippen molar-refractivity contribution in [2.75, 3.05) is 18.6 Å². The number of hydrogen-bond donors (Lipinski definition) is 3. The second-order valence-corrected chi connectivity index (χ2v) is 2.77. The van der Waals surface area contributed by atoms with E-state index in [0.29, 0.717) is 5.82 Å². The normalized spacial score (nSPS) is 9.50. The predicted molar refractivity (Wildman–Crippen MR) is 54.5 cm³/mol. The van der Waals surface area contributed by atoms with E-state index in [4.69, 9.17) is 5.11 Å². The van der Waals surface area contributed by atoms with E-state index < -0.39 is 18.5 Å². The van der Waals surface area contributed by atoms with Gasteiger partial charge < -0.3 is 9.84 Å². The number of carbonyl (C=O) groups is 2. The van der Waals surface area contributed by atoms with Crippen LogP contribution in [0.4, 0.5) is 5.82 Å². The van der Waals surface area contributed by atoms with E-state index in [-0.39, 0.29) is 6.61 Å². The van der Waals surface area contributed by atoms with E-state index >= 15 is 0 Å². The van der Waals surface area contributed by atoms with Crippen LogP contribution in [0.5, 0.6) is 0 Å². The first-order valence-corrected chi connectivity index (χ1v) is 4.44. The Morgan fingerprint density at radius 3 is 2.81 bits per heavy atom. The van der Waals surface area contributed by atoms with E-state index in [1.54, 1.807) is 24.4 Å². The van der Waals surface area contributed by atoms with Crippen molar-refractivity contribution in [2.45, 2.75) is 0 Å². The number of amides is 1. The minimum atomic E-state index is -1.12. The Hall–Kier alpha value is -2.15. The summed E-state index contributed by atoms with van der Waals surface area (Å²) >= 11 is 0. The van der Waals surface area contributed by atoms with Crippen LogP contribution in [0.2, 0.25) is 0 Å². The molecule has 1 heterocycles. The predicted octanol–water partition coefficient (Wildman–Crippen LogP) is -0.374. The van der Waals surface area contributed by atoms with Gasteiger partial charge in [-0.2, -0.15) is 0 Å². The van der Waals surface area contributed by atoms with Gasteiger partial charge in [-0.3, -0.25) is 15.6 Å². The first-order valence-electron chi connectivity index (χ1n) is 4.44. The summed E-state index contributed by atoms with van der Waals surface area (Å²) < 4.78 is 4.57. The minimum Gasteiger partial charge on any atom is -0.480 e. The molecule has 7 heteroatoms. The number of hydrogen-bond acceptors (Lipinski definition) is 5. The summed E-state index contributed by atoms with van der Waals surface area (Å²) in [7, 11) is 0. The van der Waals surface area contributed by atoms with Gasteiger partial charge >= 0.3 is 5.97 Å². The van der Waals surface area contributed by atoms with Gasteiger partial charge in [0.1, 0.15) is 19.0 Å². The molecule has 0 aromatic carbocycles. The number of aliphatic carboxylic acids is 1. The molecule has 0 bridgehead atoms. The summed E-state index contributed by atoms with van der Waals surface area (Å²) in [6.07, 6.45) is 1.56. The smallest absolute Gasteiger partial charge is 0.329 e. The zero-order chi connectivity index (χ0) is 11.8. The zero-order valence-electron chi connectivity index (χ0n) is 8.34. The summed E-state index contributed by atoms with van der Waals surface area (Å²) in [5, 5.41) is 8.25. The van der Waals surface area contributed by atoms with Gasteiger partial charge in [-0.1, -0.05) is 6.07 Å². The van der Waals surface area contributed by atoms with Gasteiger partial charge in [0.15, 0.2) is 0 Å². The molecule has 0 spiro atoms. The summed E-state index contributed by atoms with van der Waals surface area (Å²) in [5.41, 5.74) is 4.85. The Labute approximate surface area is 91.4 Å². The fraction of sp³-hybridized carbons (Fsp3) is 0.222. The molecule has 0 saturated carbocycles. The van der Waals surface area contributed by atoms with Crippen LogP contribution in [0.3, 0.4) is 0 Å². The maximum Gasteiger partial charge on any atom is 0.329 e. The third-order valence-corrected chi connectivity index (χ3v) is 1.45. The number of carboxylic acid groups (broad SMARTS) is 1. The third kappa shape index (κ3) is 4.91. The largest absolute Gasteiger partial charge is 0.480 e. The topological polar surface area (TPSA) is 101 Å². The summed E-state index contributed by atoms with van der Waals surface area (Å²) in [6, 6.07) is 5.16. The number of hydrazine groups is 1. The number of pyridine rings is 1. The standard InChI is InChI=1S/C9H11N3O4/c13-8(5-16-6-9(14)15)12-11-7-3-1-2-4-10-7/h1-4H,5-6H2,(H,10,11)(H,12,13)(H,14,15). The average Bonchev–Trinajstić information content (AvgIpc) is 2.27. The maximum atomic E-state index is 11.1. The molecule has 1 rings (SSSR count). The Kier molecular flexibility index (Phi) is 4.74. The molecule has 0 saturated heterocycles.